The normalized spacial score (nSPS) is 14.9. The summed E-state index contributed by atoms with van der Waals surface area (Å²) in [5.41, 5.74) is 3.10. The lowest BCUT2D eigenvalue weighted by atomic mass is 9.76. The van der Waals surface area contributed by atoms with E-state index in [1.165, 1.54) is 75.6 Å². The van der Waals surface area contributed by atoms with E-state index in [2.05, 4.69) is 37.0 Å². The van der Waals surface area contributed by atoms with Gasteiger partial charge >= 0.3 is 0 Å². The van der Waals surface area contributed by atoms with Crippen LogP contribution in [0, 0.1) is 0 Å². The number of nitrogens with one attached hydrogen (secondary N) is 1. The van der Waals surface area contributed by atoms with Crippen molar-refractivity contribution in [1.29, 1.82) is 0 Å². The van der Waals surface area contributed by atoms with Gasteiger partial charge in [-0.1, -0.05) is 72.1 Å². The molecule has 0 aliphatic carbocycles. The maximum atomic E-state index is 4.89. The minimum absolute atomic E-state index is 0.265. The van der Waals surface area contributed by atoms with Crippen molar-refractivity contribution in [3.8, 4) is 0 Å². The molecule has 1 aliphatic heterocycles. The monoisotopic (exact) mass is 319 g/mol. The Balaban J connectivity index is 2.06. The fourth-order valence-electron chi connectivity index (χ4n) is 3.94. The summed E-state index contributed by atoms with van der Waals surface area (Å²) in [5.74, 6) is 0. The molecule has 0 aromatic carbocycles. The summed E-state index contributed by atoms with van der Waals surface area (Å²) < 4.78 is 2.38. The number of nitrogens with zero attached hydrogens (tertiary/aromatic N) is 2. The minimum atomic E-state index is 0.265. The molecule has 2 rings (SSSR count). The average Bonchev–Trinajstić information content (AvgIpc) is 3.01. The van der Waals surface area contributed by atoms with Gasteiger partial charge in [0.2, 0.25) is 0 Å². The van der Waals surface area contributed by atoms with Gasteiger partial charge in [-0.2, -0.15) is 0 Å². The smallest absolute Gasteiger partial charge is 0.0952 e. The molecule has 23 heavy (non-hydrogen) atoms. The predicted octanol–water partition coefficient (Wildman–Crippen LogP) is 5.18. The highest BCUT2D eigenvalue weighted by Crippen LogP contribution is 2.37. The zero-order chi connectivity index (χ0) is 16.5. The molecule has 1 aliphatic rings. The van der Waals surface area contributed by atoms with Gasteiger partial charge in [-0.3, -0.25) is 0 Å². The summed E-state index contributed by atoms with van der Waals surface area (Å²) in [4.78, 5) is 4.89. The molecule has 3 heteroatoms. The Bertz CT molecular complexity index is 438. The van der Waals surface area contributed by atoms with E-state index in [-0.39, 0.29) is 5.41 Å². The molecule has 0 spiro atoms. The molecule has 132 valence electrons. The van der Waals surface area contributed by atoms with E-state index in [0.717, 1.165) is 19.6 Å². The van der Waals surface area contributed by atoms with Gasteiger partial charge in [0.15, 0.2) is 0 Å². The van der Waals surface area contributed by atoms with E-state index in [1.54, 1.807) is 0 Å². The highest BCUT2D eigenvalue weighted by Gasteiger charge is 2.32. The minimum Gasteiger partial charge on any atom is -0.332 e. The number of aromatic nitrogens is 2. The first kappa shape index (κ1) is 18.5. The Hall–Kier alpha value is -0.830. The van der Waals surface area contributed by atoms with Crippen LogP contribution in [0.5, 0.6) is 0 Å². The standard InChI is InChI=1S/C20H37N3/c1-4-6-8-10-12-20(3,13-11-9-7-5-2)19-18-16-21-14-15-23(18)17-22-19/h17,21H,4-16H2,1-3H3. The predicted molar refractivity (Wildman–Crippen MR) is 98.8 cm³/mol. The van der Waals surface area contributed by atoms with Crippen molar-refractivity contribution in [3.05, 3.63) is 17.7 Å². The third kappa shape index (κ3) is 5.07. The zero-order valence-corrected chi connectivity index (χ0v) is 15.7. The van der Waals surface area contributed by atoms with Crippen molar-refractivity contribution in [1.82, 2.24) is 14.9 Å². The van der Waals surface area contributed by atoms with Crippen molar-refractivity contribution in [2.24, 2.45) is 0 Å². The topological polar surface area (TPSA) is 29.9 Å². The van der Waals surface area contributed by atoms with Crippen molar-refractivity contribution < 1.29 is 0 Å². The van der Waals surface area contributed by atoms with Crippen LogP contribution in [0.1, 0.15) is 96.4 Å². The second-order valence-electron chi connectivity index (χ2n) is 7.59. The molecular formula is C20H37N3. The summed E-state index contributed by atoms with van der Waals surface area (Å²) in [6.07, 6.45) is 15.5. The van der Waals surface area contributed by atoms with Gasteiger partial charge in [-0.05, 0) is 12.8 Å². The van der Waals surface area contributed by atoms with Crippen molar-refractivity contribution in [3.63, 3.8) is 0 Å². The molecule has 0 fully saturated rings. The maximum absolute atomic E-state index is 4.89. The van der Waals surface area contributed by atoms with Gasteiger partial charge in [0.1, 0.15) is 0 Å². The number of unbranched alkanes of at least 4 members (excludes halogenated alkanes) is 6. The van der Waals surface area contributed by atoms with Crippen LogP contribution in [0.4, 0.5) is 0 Å². The Kier molecular flexibility index (Phi) is 7.61. The van der Waals surface area contributed by atoms with Crippen LogP contribution >= 0.6 is 0 Å². The fraction of sp³-hybridized carbons (Fsp3) is 0.850. The van der Waals surface area contributed by atoms with E-state index in [0.29, 0.717) is 0 Å². The van der Waals surface area contributed by atoms with Gasteiger partial charge in [-0.25, -0.2) is 4.98 Å². The summed E-state index contributed by atoms with van der Waals surface area (Å²) in [5, 5.41) is 3.53. The molecule has 2 heterocycles. The van der Waals surface area contributed by atoms with E-state index in [4.69, 9.17) is 4.98 Å². The molecule has 0 atom stereocenters. The number of rotatable bonds is 11. The van der Waals surface area contributed by atoms with Crippen LogP contribution in [0.2, 0.25) is 0 Å². The van der Waals surface area contributed by atoms with E-state index < -0.39 is 0 Å². The molecule has 1 aromatic heterocycles. The van der Waals surface area contributed by atoms with Gasteiger partial charge in [-0.15, -0.1) is 0 Å². The molecule has 0 radical (unpaired) electrons. The number of fused-ring (bicyclic) bond motifs is 1. The van der Waals surface area contributed by atoms with Gasteiger partial charge in [0.05, 0.1) is 17.7 Å². The van der Waals surface area contributed by atoms with Crippen LogP contribution in [0.15, 0.2) is 6.33 Å². The van der Waals surface area contributed by atoms with Crippen molar-refractivity contribution in [2.75, 3.05) is 6.54 Å². The third-order valence-electron chi connectivity index (χ3n) is 5.50. The summed E-state index contributed by atoms with van der Waals surface area (Å²) in [6.45, 7) is 10.2. The Morgan fingerprint density at radius 2 is 1.70 bits per heavy atom. The molecular weight excluding hydrogens is 282 g/mol. The molecule has 3 nitrogen and oxygen atoms in total. The molecule has 0 unspecified atom stereocenters. The summed E-state index contributed by atoms with van der Waals surface area (Å²) >= 11 is 0. The molecule has 0 saturated heterocycles. The van der Waals surface area contributed by atoms with Crippen LogP contribution in [0.25, 0.3) is 0 Å². The van der Waals surface area contributed by atoms with Crippen LogP contribution in [-0.2, 0) is 18.5 Å². The first-order valence-electron chi connectivity index (χ1n) is 9.96. The van der Waals surface area contributed by atoms with Crippen molar-refractivity contribution >= 4 is 0 Å². The lowest BCUT2D eigenvalue weighted by Gasteiger charge is -2.31. The zero-order valence-electron chi connectivity index (χ0n) is 15.7. The van der Waals surface area contributed by atoms with Crippen LogP contribution in [0.3, 0.4) is 0 Å². The second-order valence-corrected chi connectivity index (χ2v) is 7.59. The second kappa shape index (κ2) is 9.46. The van der Waals surface area contributed by atoms with Gasteiger partial charge in [0, 0.05) is 25.0 Å². The number of imidazole rings is 1. The molecule has 0 saturated carbocycles. The molecule has 0 amide bonds. The average molecular weight is 320 g/mol. The first-order chi connectivity index (χ1) is 11.2. The molecule has 1 N–H and O–H groups in total. The number of hydrogen-bond acceptors (Lipinski definition) is 2. The largest absolute Gasteiger partial charge is 0.332 e. The van der Waals surface area contributed by atoms with E-state index >= 15 is 0 Å². The van der Waals surface area contributed by atoms with Crippen LogP contribution in [-0.4, -0.2) is 16.1 Å². The van der Waals surface area contributed by atoms with Gasteiger partial charge in [0.25, 0.3) is 0 Å². The van der Waals surface area contributed by atoms with E-state index in [9.17, 15) is 0 Å². The highest BCUT2D eigenvalue weighted by molar-refractivity contribution is 5.24. The quantitative estimate of drug-likeness (QED) is 0.569. The number of hydrogen-bond donors (Lipinski definition) is 1. The van der Waals surface area contributed by atoms with Gasteiger partial charge < -0.3 is 9.88 Å². The molecule has 0 bridgehead atoms. The Labute approximate surface area is 143 Å². The third-order valence-corrected chi connectivity index (χ3v) is 5.50. The first-order valence-corrected chi connectivity index (χ1v) is 9.96. The molecule has 1 aromatic rings. The SMILES string of the molecule is CCCCCCC(C)(CCCCCC)c1ncn2c1CNCC2. The fourth-order valence-corrected chi connectivity index (χ4v) is 3.94. The Morgan fingerprint density at radius 1 is 1.04 bits per heavy atom. The van der Waals surface area contributed by atoms with E-state index in [1.807, 2.05) is 0 Å². The maximum Gasteiger partial charge on any atom is 0.0952 e. The lowest BCUT2D eigenvalue weighted by molar-refractivity contribution is 0.350. The summed E-state index contributed by atoms with van der Waals surface area (Å²) in [7, 11) is 0. The Morgan fingerprint density at radius 3 is 2.30 bits per heavy atom. The summed E-state index contributed by atoms with van der Waals surface area (Å²) in [6, 6.07) is 0. The lowest BCUT2D eigenvalue weighted by Crippen LogP contribution is -2.31. The van der Waals surface area contributed by atoms with Crippen molar-refractivity contribution in [2.45, 2.75) is 103 Å². The highest BCUT2D eigenvalue weighted by atomic mass is 15.1. The van der Waals surface area contributed by atoms with Crippen LogP contribution < -0.4 is 5.32 Å².